The van der Waals surface area contributed by atoms with Crippen LogP contribution in [0.15, 0.2) is 18.3 Å². The van der Waals surface area contributed by atoms with Gasteiger partial charge >= 0.3 is 0 Å². The SMILES string of the molecule is CC(C)C(CN(C)C)Nc1cccnc1C#N. The number of nitrogens with one attached hydrogen (secondary N) is 1. The van der Waals surface area contributed by atoms with Gasteiger partial charge in [0.05, 0.1) is 5.69 Å². The van der Waals surface area contributed by atoms with Gasteiger partial charge in [0.1, 0.15) is 6.07 Å². The van der Waals surface area contributed by atoms with Crippen LogP contribution in [0.2, 0.25) is 0 Å². The second kappa shape index (κ2) is 6.21. The average Bonchev–Trinajstić information content (AvgIpc) is 2.28. The number of hydrogen-bond acceptors (Lipinski definition) is 4. The Morgan fingerprint density at radius 3 is 2.71 bits per heavy atom. The molecule has 0 bridgehead atoms. The molecule has 0 radical (unpaired) electrons. The third kappa shape index (κ3) is 4.04. The van der Waals surface area contributed by atoms with E-state index < -0.39 is 0 Å². The lowest BCUT2D eigenvalue weighted by Gasteiger charge is -2.26. The molecule has 4 heteroatoms. The number of anilines is 1. The highest BCUT2D eigenvalue weighted by molar-refractivity contribution is 5.53. The van der Waals surface area contributed by atoms with E-state index in [9.17, 15) is 0 Å². The van der Waals surface area contributed by atoms with Gasteiger partial charge in [0.15, 0.2) is 5.69 Å². The van der Waals surface area contributed by atoms with Crippen molar-refractivity contribution >= 4 is 5.69 Å². The fraction of sp³-hybridized carbons (Fsp3) is 0.538. The van der Waals surface area contributed by atoms with E-state index in [-0.39, 0.29) is 0 Å². The van der Waals surface area contributed by atoms with Gasteiger partial charge in [0.25, 0.3) is 0 Å². The van der Waals surface area contributed by atoms with E-state index in [0.717, 1.165) is 12.2 Å². The zero-order chi connectivity index (χ0) is 12.8. The topological polar surface area (TPSA) is 52.0 Å². The van der Waals surface area contributed by atoms with Gasteiger partial charge in [-0.3, -0.25) is 0 Å². The molecule has 0 aliphatic heterocycles. The van der Waals surface area contributed by atoms with Gasteiger partial charge in [0, 0.05) is 18.8 Å². The first-order valence-electron chi connectivity index (χ1n) is 5.81. The van der Waals surface area contributed by atoms with E-state index in [1.807, 2.05) is 26.2 Å². The van der Waals surface area contributed by atoms with Crippen molar-refractivity contribution in [2.24, 2.45) is 5.92 Å². The fourth-order valence-electron chi connectivity index (χ4n) is 1.63. The molecular weight excluding hydrogens is 212 g/mol. The Labute approximate surface area is 103 Å². The molecule has 1 heterocycles. The second-order valence-corrected chi connectivity index (χ2v) is 4.77. The summed E-state index contributed by atoms with van der Waals surface area (Å²) < 4.78 is 0. The summed E-state index contributed by atoms with van der Waals surface area (Å²) in [5.74, 6) is 0.490. The number of hydrogen-bond donors (Lipinski definition) is 1. The highest BCUT2D eigenvalue weighted by atomic mass is 15.1. The summed E-state index contributed by atoms with van der Waals surface area (Å²) in [6.07, 6.45) is 1.64. The van der Waals surface area contributed by atoms with Crippen LogP contribution in [0.3, 0.4) is 0 Å². The summed E-state index contributed by atoms with van der Waals surface area (Å²) in [5, 5.41) is 12.4. The van der Waals surface area contributed by atoms with Crippen LogP contribution in [0.1, 0.15) is 19.5 Å². The predicted octanol–water partition coefficient (Wildman–Crippen LogP) is 1.95. The van der Waals surface area contributed by atoms with Crippen LogP contribution in [0.25, 0.3) is 0 Å². The molecule has 4 nitrogen and oxygen atoms in total. The Morgan fingerprint density at radius 1 is 1.47 bits per heavy atom. The average molecular weight is 232 g/mol. The standard InChI is InChI=1S/C13H20N4/c1-10(2)13(9-17(3)4)16-11-6-5-7-15-12(11)8-14/h5-7,10,13,16H,9H2,1-4H3. The molecule has 1 N–H and O–H groups in total. The maximum absolute atomic E-state index is 8.99. The number of pyridine rings is 1. The minimum Gasteiger partial charge on any atom is -0.378 e. The molecule has 1 atom stereocenters. The third-order valence-electron chi connectivity index (χ3n) is 2.62. The maximum atomic E-state index is 8.99. The van der Waals surface area contributed by atoms with Crippen LogP contribution in [0, 0.1) is 17.2 Å². The molecule has 0 saturated heterocycles. The second-order valence-electron chi connectivity index (χ2n) is 4.77. The van der Waals surface area contributed by atoms with Gasteiger partial charge in [-0.2, -0.15) is 5.26 Å². The van der Waals surface area contributed by atoms with Crippen LogP contribution in [-0.4, -0.2) is 36.6 Å². The zero-order valence-corrected chi connectivity index (χ0v) is 10.9. The first kappa shape index (κ1) is 13.5. The van der Waals surface area contributed by atoms with Crippen LogP contribution >= 0.6 is 0 Å². The van der Waals surface area contributed by atoms with Crippen LogP contribution in [-0.2, 0) is 0 Å². The summed E-state index contributed by atoms with van der Waals surface area (Å²) >= 11 is 0. The van der Waals surface area contributed by atoms with E-state index >= 15 is 0 Å². The Balaban J connectivity index is 2.83. The Hall–Kier alpha value is -1.60. The molecule has 0 aromatic carbocycles. The van der Waals surface area contributed by atoms with Crippen molar-refractivity contribution in [2.75, 3.05) is 26.0 Å². The molecule has 0 aliphatic carbocycles. The van der Waals surface area contributed by atoms with E-state index in [2.05, 4.69) is 35.1 Å². The van der Waals surface area contributed by atoms with Crippen molar-refractivity contribution < 1.29 is 0 Å². The van der Waals surface area contributed by atoms with Crippen molar-refractivity contribution in [3.63, 3.8) is 0 Å². The van der Waals surface area contributed by atoms with Crippen LogP contribution in [0.4, 0.5) is 5.69 Å². The fourth-order valence-corrected chi connectivity index (χ4v) is 1.63. The van der Waals surface area contributed by atoms with E-state index in [4.69, 9.17) is 5.26 Å². The van der Waals surface area contributed by atoms with Gasteiger partial charge < -0.3 is 10.2 Å². The van der Waals surface area contributed by atoms with E-state index in [1.165, 1.54) is 0 Å². The van der Waals surface area contributed by atoms with Crippen molar-refractivity contribution in [2.45, 2.75) is 19.9 Å². The third-order valence-corrected chi connectivity index (χ3v) is 2.62. The monoisotopic (exact) mass is 232 g/mol. The first-order valence-corrected chi connectivity index (χ1v) is 5.81. The van der Waals surface area contributed by atoms with E-state index in [1.54, 1.807) is 6.20 Å². The van der Waals surface area contributed by atoms with Gasteiger partial charge in [-0.25, -0.2) is 4.98 Å². The predicted molar refractivity (Wildman–Crippen MR) is 69.8 cm³/mol. The van der Waals surface area contributed by atoms with Gasteiger partial charge in [0.2, 0.25) is 0 Å². The zero-order valence-electron chi connectivity index (χ0n) is 10.9. The van der Waals surface area contributed by atoms with Crippen LogP contribution in [0.5, 0.6) is 0 Å². The summed E-state index contributed by atoms with van der Waals surface area (Å²) in [6.45, 7) is 5.27. The summed E-state index contributed by atoms with van der Waals surface area (Å²) in [4.78, 5) is 6.19. The Bertz CT molecular complexity index is 393. The van der Waals surface area contributed by atoms with Gasteiger partial charge in [-0.15, -0.1) is 0 Å². The molecule has 1 unspecified atom stereocenters. The minimum atomic E-state index is 0.307. The van der Waals surface area contributed by atoms with E-state index in [0.29, 0.717) is 17.7 Å². The van der Waals surface area contributed by atoms with Gasteiger partial charge in [-0.05, 0) is 32.1 Å². The molecule has 1 aromatic rings. The highest BCUT2D eigenvalue weighted by Gasteiger charge is 2.15. The quantitative estimate of drug-likeness (QED) is 0.843. The molecule has 17 heavy (non-hydrogen) atoms. The Kier molecular flexibility index (Phi) is 4.92. The number of nitrogens with zero attached hydrogens (tertiary/aromatic N) is 3. The molecule has 1 rings (SSSR count). The molecular formula is C13H20N4. The maximum Gasteiger partial charge on any atom is 0.163 e. The molecule has 0 spiro atoms. The first-order chi connectivity index (χ1) is 8.04. The van der Waals surface area contributed by atoms with Crippen molar-refractivity contribution in [1.29, 1.82) is 5.26 Å². The molecule has 92 valence electrons. The summed E-state index contributed by atoms with van der Waals surface area (Å²) in [7, 11) is 4.09. The lowest BCUT2D eigenvalue weighted by Crippen LogP contribution is -2.36. The van der Waals surface area contributed by atoms with Crippen LogP contribution < -0.4 is 5.32 Å². The summed E-state index contributed by atoms with van der Waals surface area (Å²) in [5.41, 5.74) is 1.27. The molecule has 0 fully saturated rings. The number of aromatic nitrogens is 1. The summed E-state index contributed by atoms with van der Waals surface area (Å²) in [6, 6.07) is 6.16. The number of rotatable bonds is 5. The van der Waals surface area contributed by atoms with Crippen molar-refractivity contribution in [3.8, 4) is 6.07 Å². The van der Waals surface area contributed by atoms with Crippen molar-refractivity contribution in [3.05, 3.63) is 24.0 Å². The number of nitriles is 1. The molecule has 0 aliphatic rings. The largest absolute Gasteiger partial charge is 0.378 e. The normalized spacial score (nSPS) is 12.5. The smallest absolute Gasteiger partial charge is 0.163 e. The van der Waals surface area contributed by atoms with Crippen molar-refractivity contribution in [1.82, 2.24) is 9.88 Å². The molecule has 1 aromatic heterocycles. The number of likely N-dealkylation sites (N-methyl/N-ethyl adjacent to an activating group) is 1. The lowest BCUT2D eigenvalue weighted by atomic mass is 10.0. The Morgan fingerprint density at radius 2 is 2.18 bits per heavy atom. The lowest BCUT2D eigenvalue weighted by molar-refractivity contribution is 0.344. The van der Waals surface area contributed by atoms with Gasteiger partial charge in [-0.1, -0.05) is 13.8 Å². The molecule has 0 amide bonds. The minimum absolute atomic E-state index is 0.307. The molecule has 0 saturated carbocycles. The highest BCUT2D eigenvalue weighted by Crippen LogP contribution is 2.15.